The number of amides is 1. The Labute approximate surface area is 161 Å². The van der Waals surface area contributed by atoms with Gasteiger partial charge in [-0.2, -0.15) is 10.5 Å². The van der Waals surface area contributed by atoms with Crippen LogP contribution in [0.2, 0.25) is 5.02 Å². The molecule has 0 unspecified atom stereocenters. The zero-order chi connectivity index (χ0) is 19.2. The summed E-state index contributed by atoms with van der Waals surface area (Å²) in [7, 11) is 0. The summed E-state index contributed by atoms with van der Waals surface area (Å²) in [6.45, 7) is 4.68. The van der Waals surface area contributed by atoms with E-state index in [1.54, 1.807) is 6.07 Å². The number of halogens is 1. The smallest absolute Gasteiger partial charge is 0.222 e. The van der Waals surface area contributed by atoms with E-state index in [-0.39, 0.29) is 17.3 Å². The summed E-state index contributed by atoms with van der Waals surface area (Å²) in [5.74, 6) is 0.381. The first-order valence-corrected chi connectivity index (χ1v) is 8.93. The number of carbonyl (C=O) groups excluding carboxylic acids is 1. The van der Waals surface area contributed by atoms with Gasteiger partial charge in [-0.1, -0.05) is 18.5 Å². The zero-order valence-corrected chi connectivity index (χ0v) is 15.6. The van der Waals surface area contributed by atoms with Crippen molar-refractivity contribution in [2.75, 3.05) is 36.4 Å². The fourth-order valence-corrected chi connectivity index (χ4v) is 3.06. The molecular weight excluding hydrogens is 368 g/mol. The Morgan fingerprint density at radius 1 is 1.41 bits per heavy atom. The number of hydrogen-bond acceptors (Lipinski definition) is 7. The van der Waals surface area contributed by atoms with Gasteiger partial charge in [0.25, 0.3) is 0 Å². The first kappa shape index (κ1) is 18.7. The fourth-order valence-electron chi connectivity index (χ4n) is 2.89. The summed E-state index contributed by atoms with van der Waals surface area (Å²) < 4.78 is 0. The van der Waals surface area contributed by atoms with E-state index < -0.39 is 0 Å². The number of tetrazole rings is 1. The molecule has 1 aromatic heterocycles. The largest absolute Gasteiger partial charge is 0.366 e. The molecular formula is C17H19ClN8O. The number of hydrogen-bond donors (Lipinski definition) is 2. The van der Waals surface area contributed by atoms with Crippen molar-refractivity contribution in [3.63, 3.8) is 0 Å². The van der Waals surface area contributed by atoms with Gasteiger partial charge in [-0.25, -0.2) is 0 Å². The van der Waals surface area contributed by atoms with Crippen molar-refractivity contribution < 1.29 is 4.79 Å². The molecule has 2 N–H and O–H groups in total. The summed E-state index contributed by atoms with van der Waals surface area (Å²) in [5, 5.41) is 26.4. The van der Waals surface area contributed by atoms with Crippen LogP contribution in [-0.4, -0.2) is 57.6 Å². The maximum absolute atomic E-state index is 11.9. The summed E-state index contributed by atoms with van der Waals surface area (Å²) in [6, 6.07) is 7.58. The molecule has 27 heavy (non-hydrogen) atoms. The molecule has 10 heteroatoms. The van der Waals surface area contributed by atoms with Crippen LogP contribution in [0.3, 0.4) is 0 Å². The van der Waals surface area contributed by atoms with Gasteiger partial charge in [0.1, 0.15) is 11.6 Å². The molecule has 1 amide bonds. The molecule has 0 radical (unpaired) electrons. The van der Waals surface area contributed by atoms with E-state index in [9.17, 15) is 10.1 Å². The Balaban J connectivity index is 1.78. The normalized spacial score (nSPS) is 14.8. The second-order valence-electron chi connectivity index (χ2n) is 5.93. The minimum Gasteiger partial charge on any atom is -0.366 e. The van der Waals surface area contributed by atoms with E-state index in [4.69, 9.17) is 11.6 Å². The monoisotopic (exact) mass is 386 g/mol. The second-order valence-corrected chi connectivity index (χ2v) is 6.37. The van der Waals surface area contributed by atoms with Gasteiger partial charge in [-0.3, -0.25) is 4.79 Å². The number of rotatable bonds is 5. The van der Waals surface area contributed by atoms with Crippen molar-refractivity contribution in [1.82, 2.24) is 25.5 Å². The number of aromatic amines is 1. The van der Waals surface area contributed by atoms with Gasteiger partial charge >= 0.3 is 0 Å². The molecule has 9 nitrogen and oxygen atoms in total. The van der Waals surface area contributed by atoms with Crippen molar-refractivity contribution in [2.45, 2.75) is 13.3 Å². The molecule has 140 valence electrons. The lowest BCUT2D eigenvalue weighted by Gasteiger charge is -2.37. The molecule has 2 heterocycles. The maximum atomic E-state index is 11.9. The first-order valence-electron chi connectivity index (χ1n) is 8.55. The molecule has 1 aliphatic heterocycles. The summed E-state index contributed by atoms with van der Waals surface area (Å²) >= 11 is 6.15. The Hall–Kier alpha value is -3.12. The Bertz CT molecular complexity index is 866. The van der Waals surface area contributed by atoms with Crippen LogP contribution < -0.4 is 10.2 Å². The van der Waals surface area contributed by atoms with Gasteiger partial charge in [0.15, 0.2) is 0 Å². The van der Waals surface area contributed by atoms with Crippen molar-refractivity contribution in [3.05, 3.63) is 35.2 Å². The van der Waals surface area contributed by atoms with Crippen LogP contribution in [0.25, 0.3) is 5.57 Å². The van der Waals surface area contributed by atoms with Gasteiger partial charge < -0.3 is 15.1 Å². The van der Waals surface area contributed by atoms with E-state index in [1.807, 2.05) is 30.0 Å². The van der Waals surface area contributed by atoms with E-state index in [2.05, 4.69) is 30.8 Å². The molecule has 1 fully saturated rings. The standard InChI is InChI=1S/C17H19ClN8O/c1-2-16(27)26-7-5-25(6-8-26)15-4-3-13(18)9-14(15)20-11-12(10-19)17-21-23-24-22-17/h3-4,9,11,20H,2,5-8H2,1H3,(H,21,22,23,24). The highest BCUT2D eigenvalue weighted by Gasteiger charge is 2.21. The van der Waals surface area contributed by atoms with Gasteiger partial charge in [0, 0.05) is 43.8 Å². The third-order valence-corrected chi connectivity index (χ3v) is 4.55. The van der Waals surface area contributed by atoms with Crippen LogP contribution >= 0.6 is 11.6 Å². The first-order chi connectivity index (χ1) is 13.1. The zero-order valence-electron chi connectivity index (χ0n) is 14.8. The average molecular weight is 387 g/mol. The molecule has 0 aliphatic carbocycles. The number of carbonyl (C=O) groups is 1. The number of allylic oxidation sites excluding steroid dienone is 1. The Morgan fingerprint density at radius 2 is 2.19 bits per heavy atom. The molecule has 1 saturated heterocycles. The van der Waals surface area contributed by atoms with Gasteiger partial charge in [-0.15, -0.1) is 10.2 Å². The summed E-state index contributed by atoms with van der Waals surface area (Å²) in [4.78, 5) is 15.9. The summed E-state index contributed by atoms with van der Waals surface area (Å²) in [6.07, 6.45) is 2.04. The van der Waals surface area contributed by atoms with Gasteiger partial charge in [0.2, 0.25) is 11.7 Å². The van der Waals surface area contributed by atoms with E-state index in [0.717, 1.165) is 24.5 Å². The fraction of sp³-hybridized carbons (Fsp3) is 0.353. The predicted octanol–water partition coefficient (Wildman–Crippen LogP) is 1.89. The van der Waals surface area contributed by atoms with Gasteiger partial charge in [0.05, 0.1) is 11.4 Å². The van der Waals surface area contributed by atoms with Crippen LogP contribution in [0.1, 0.15) is 19.2 Å². The minimum atomic E-state index is 0.172. The molecule has 1 aromatic carbocycles. The highest BCUT2D eigenvalue weighted by Crippen LogP contribution is 2.30. The molecule has 1 aliphatic rings. The van der Waals surface area contributed by atoms with Crippen LogP contribution in [0, 0.1) is 11.3 Å². The lowest BCUT2D eigenvalue weighted by Crippen LogP contribution is -2.48. The molecule has 0 saturated carbocycles. The number of nitrogens with one attached hydrogen (secondary N) is 2. The van der Waals surface area contributed by atoms with Crippen molar-refractivity contribution in [1.29, 1.82) is 5.26 Å². The van der Waals surface area contributed by atoms with E-state index >= 15 is 0 Å². The van der Waals surface area contributed by atoms with Crippen LogP contribution in [0.5, 0.6) is 0 Å². The second kappa shape index (κ2) is 8.51. The lowest BCUT2D eigenvalue weighted by molar-refractivity contribution is -0.131. The minimum absolute atomic E-state index is 0.172. The highest BCUT2D eigenvalue weighted by molar-refractivity contribution is 6.31. The quantitative estimate of drug-likeness (QED) is 0.754. The molecule has 3 rings (SSSR count). The molecule has 0 bridgehead atoms. The highest BCUT2D eigenvalue weighted by atomic mass is 35.5. The number of nitriles is 1. The number of H-pyrrole nitrogens is 1. The number of aromatic nitrogens is 4. The van der Waals surface area contributed by atoms with E-state index in [0.29, 0.717) is 24.5 Å². The van der Waals surface area contributed by atoms with Crippen LogP contribution in [0.15, 0.2) is 24.4 Å². The van der Waals surface area contributed by atoms with Crippen molar-refractivity contribution >= 4 is 34.5 Å². The third kappa shape index (κ3) is 4.35. The number of nitrogens with zero attached hydrogens (tertiary/aromatic N) is 6. The Kier molecular flexibility index (Phi) is 5.88. The van der Waals surface area contributed by atoms with Crippen molar-refractivity contribution in [3.8, 4) is 6.07 Å². The molecule has 0 atom stereocenters. The maximum Gasteiger partial charge on any atom is 0.222 e. The van der Waals surface area contributed by atoms with Crippen molar-refractivity contribution in [2.24, 2.45) is 0 Å². The SMILES string of the molecule is CCC(=O)N1CCN(c2ccc(Cl)cc2NC=C(C#N)c2nn[nH]n2)CC1. The predicted molar refractivity (Wildman–Crippen MR) is 102 cm³/mol. The lowest BCUT2D eigenvalue weighted by atomic mass is 10.2. The third-order valence-electron chi connectivity index (χ3n) is 4.31. The van der Waals surface area contributed by atoms with Crippen LogP contribution in [-0.2, 0) is 4.79 Å². The average Bonchev–Trinajstić information content (AvgIpc) is 3.23. The molecule has 2 aromatic rings. The van der Waals surface area contributed by atoms with E-state index in [1.165, 1.54) is 6.20 Å². The van der Waals surface area contributed by atoms with Gasteiger partial charge in [-0.05, 0) is 23.4 Å². The Morgan fingerprint density at radius 3 is 2.81 bits per heavy atom. The summed E-state index contributed by atoms with van der Waals surface area (Å²) in [5.41, 5.74) is 1.95. The number of anilines is 2. The number of benzene rings is 1. The van der Waals surface area contributed by atoms with Crippen LogP contribution in [0.4, 0.5) is 11.4 Å². The molecule has 0 spiro atoms. The topological polar surface area (TPSA) is 114 Å². The number of piperazine rings is 1.